The second-order valence-electron chi connectivity index (χ2n) is 5.34. The van der Waals surface area contributed by atoms with Gasteiger partial charge in [0.25, 0.3) is 0 Å². The molecule has 8 nitrogen and oxygen atoms in total. The van der Waals surface area contributed by atoms with Crippen LogP contribution in [0.1, 0.15) is 10.4 Å². The SMILES string of the molecule is CN(C)Cc1cc(CSCCNc2ncc([N+](=O)[O-])c(=O)[nH]2)cs1. The number of nitrogens with zero attached hydrogens (tertiary/aromatic N) is 3. The van der Waals surface area contributed by atoms with Crippen LogP contribution in [0.15, 0.2) is 22.4 Å². The highest BCUT2D eigenvalue weighted by Crippen LogP contribution is 2.20. The van der Waals surface area contributed by atoms with Gasteiger partial charge in [-0.1, -0.05) is 0 Å². The Hall–Kier alpha value is -1.91. The van der Waals surface area contributed by atoms with Crippen LogP contribution in [0.2, 0.25) is 0 Å². The van der Waals surface area contributed by atoms with E-state index in [1.54, 1.807) is 23.1 Å². The van der Waals surface area contributed by atoms with Gasteiger partial charge in [-0.3, -0.25) is 19.9 Å². The van der Waals surface area contributed by atoms with Crippen LogP contribution in [0.25, 0.3) is 0 Å². The number of hydrogen-bond donors (Lipinski definition) is 2. The molecule has 0 aliphatic heterocycles. The van der Waals surface area contributed by atoms with Crippen molar-refractivity contribution in [3.63, 3.8) is 0 Å². The fourth-order valence-corrected chi connectivity index (χ4v) is 3.84. The lowest BCUT2D eigenvalue weighted by atomic mass is 10.3. The van der Waals surface area contributed by atoms with E-state index in [9.17, 15) is 14.9 Å². The van der Waals surface area contributed by atoms with Gasteiger partial charge >= 0.3 is 11.2 Å². The van der Waals surface area contributed by atoms with Gasteiger partial charge in [0.05, 0.1) is 4.92 Å². The predicted octanol–water partition coefficient (Wildman–Crippen LogP) is 2.15. The minimum atomic E-state index is -0.753. The Morgan fingerprint density at radius 1 is 1.50 bits per heavy atom. The number of H-pyrrole nitrogens is 1. The number of thioether (sulfide) groups is 1. The van der Waals surface area contributed by atoms with Crippen LogP contribution in [0.3, 0.4) is 0 Å². The van der Waals surface area contributed by atoms with Crippen LogP contribution < -0.4 is 10.9 Å². The molecule has 0 radical (unpaired) electrons. The van der Waals surface area contributed by atoms with Gasteiger partial charge in [-0.15, -0.1) is 11.3 Å². The molecule has 10 heteroatoms. The maximum Gasteiger partial charge on any atom is 0.352 e. The fourth-order valence-electron chi connectivity index (χ4n) is 1.94. The number of hydrogen-bond acceptors (Lipinski definition) is 8. The van der Waals surface area contributed by atoms with Gasteiger partial charge in [-0.05, 0) is 31.1 Å². The number of nitro groups is 1. The van der Waals surface area contributed by atoms with Crippen LogP contribution in [0.5, 0.6) is 0 Å². The van der Waals surface area contributed by atoms with Crippen molar-refractivity contribution in [3.8, 4) is 0 Å². The normalized spacial score (nSPS) is 11.0. The van der Waals surface area contributed by atoms with Crippen molar-refractivity contribution in [1.29, 1.82) is 0 Å². The third kappa shape index (κ3) is 5.62. The highest BCUT2D eigenvalue weighted by atomic mass is 32.2. The first-order chi connectivity index (χ1) is 11.5. The summed E-state index contributed by atoms with van der Waals surface area (Å²) >= 11 is 3.54. The average molecular weight is 369 g/mol. The first-order valence-corrected chi connectivity index (χ1v) is 9.25. The van der Waals surface area contributed by atoms with Crippen LogP contribution in [-0.4, -0.2) is 46.2 Å². The summed E-state index contributed by atoms with van der Waals surface area (Å²) in [5.74, 6) is 2.00. The third-order valence-corrected chi connectivity index (χ3v) is 4.97. The first kappa shape index (κ1) is 18.4. The van der Waals surface area contributed by atoms with Crippen molar-refractivity contribution in [3.05, 3.63) is 48.6 Å². The predicted molar refractivity (Wildman–Crippen MR) is 97.9 cm³/mol. The van der Waals surface area contributed by atoms with E-state index in [4.69, 9.17) is 0 Å². The zero-order valence-corrected chi connectivity index (χ0v) is 15.1. The minimum absolute atomic E-state index is 0.245. The van der Waals surface area contributed by atoms with E-state index in [1.165, 1.54) is 10.4 Å². The van der Waals surface area contributed by atoms with E-state index in [0.29, 0.717) is 6.54 Å². The molecule has 0 amide bonds. The summed E-state index contributed by atoms with van der Waals surface area (Å²) in [7, 11) is 4.10. The van der Waals surface area contributed by atoms with Gasteiger partial charge in [0.15, 0.2) is 0 Å². The quantitative estimate of drug-likeness (QED) is 0.396. The monoisotopic (exact) mass is 369 g/mol. The van der Waals surface area contributed by atoms with Gasteiger partial charge in [-0.25, -0.2) is 4.98 Å². The van der Waals surface area contributed by atoms with E-state index in [1.807, 2.05) is 0 Å². The maximum atomic E-state index is 11.4. The van der Waals surface area contributed by atoms with Crippen molar-refractivity contribution in [2.75, 3.05) is 31.7 Å². The van der Waals surface area contributed by atoms with Gasteiger partial charge in [0, 0.05) is 29.5 Å². The van der Waals surface area contributed by atoms with Crippen LogP contribution in [0, 0.1) is 10.1 Å². The fraction of sp³-hybridized carbons (Fsp3) is 0.429. The largest absolute Gasteiger partial charge is 0.355 e. The second kappa shape index (κ2) is 8.81. The average Bonchev–Trinajstić information content (AvgIpc) is 2.93. The summed E-state index contributed by atoms with van der Waals surface area (Å²) in [5.41, 5.74) is 0.00137. The number of anilines is 1. The van der Waals surface area contributed by atoms with Gasteiger partial charge in [0.2, 0.25) is 5.95 Å². The minimum Gasteiger partial charge on any atom is -0.355 e. The van der Waals surface area contributed by atoms with Crippen molar-refractivity contribution >= 4 is 34.7 Å². The molecule has 0 spiro atoms. The summed E-state index contributed by atoms with van der Waals surface area (Å²) in [5, 5.41) is 15.7. The van der Waals surface area contributed by atoms with Crippen molar-refractivity contribution < 1.29 is 4.92 Å². The molecule has 0 bridgehead atoms. The highest BCUT2D eigenvalue weighted by Gasteiger charge is 2.12. The molecule has 0 aliphatic carbocycles. The first-order valence-electron chi connectivity index (χ1n) is 7.22. The molecule has 2 N–H and O–H groups in total. The Morgan fingerprint density at radius 3 is 2.96 bits per heavy atom. The molecule has 2 aromatic heterocycles. The van der Waals surface area contributed by atoms with Crippen LogP contribution in [0.4, 0.5) is 11.6 Å². The molecule has 2 heterocycles. The smallest absolute Gasteiger partial charge is 0.352 e. The lowest BCUT2D eigenvalue weighted by molar-refractivity contribution is -0.386. The molecule has 24 heavy (non-hydrogen) atoms. The maximum absolute atomic E-state index is 11.4. The van der Waals surface area contributed by atoms with Gasteiger partial charge < -0.3 is 10.2 Å². The molecule has 0 aromatic carbocycles. The lowest BCUT2D eigenvalue weighted by Gasteiger charge is -2.06. The summed E-state index contributed by atoms with van der Waals surface area (Å²) in [4.78, 5) is 30.9. The molecular formula is C14H19N5O3S2. The van der Waals surface area contributed by atoms with E-state index in [0.717, 1.165) is 24.2 Å². The molecule has 0 saturated carbocycles. The Kier molecular flexibility index (Phi) is 6.76. The molecule has 0 saturated heterocycles. The highest BCUT2D eigenvalue weighted by molar-refractivity contribution is 7.98. The Morgan fingerprint density at radius 2 is 2.29 bits per heavy atom. The standard InChI is InChI=1S/C14H19N5O3S2/c1-18(2)7-11-5-10(9-24-11)8-23-4-3-15-14-16-6-12(19(21)22)13(20)17-14/h5-6,9H,3-4,7-8H2,1-2H3,(H2,15,16,17,20). The summed E-state index contributed by atoms with van der Waals surface area (Å²) < 4.78 is 0. The van der Waals surface area contributed by atoms with Gasteiger partial charge in [-0.2, -0.15) is 11.8 Å². The Balaban J connectivity index is 1.71. The topological polar surface area (TPSA) is 104 Å². The Labute approximate surface area is 147 Å². The number of rotatable bonds is 9. The molecule has 2 aromatic rings. The summed E-state index contributed by atoms with van der Waals surface area (Å²) in [6.45, 7) is 1.57. The number of nitrogens with one attached hydrogen (secondary N) is 2. The molecule has 0 fully saturated rings. The molecule has 0 aliphatic rings. The van der Waals surface area contributed by atoms with E-state index < -0.39 is 16.2 Å². The van der Waals surface area contributed by atoms with Crippen molar-refractivity contribution in [2.24, 2.45) is 0 Å². The van der Waals surface area contributed by atoms with E-state index in [2.05, 4.69) is 45.7 Å². The van der Waals surface area contributed by atoms with E-state index in [-0.39, 0.29) is 5.95 Å². The lowest BCUT2D eigenvalue weighted by Crippen LogP contribution is -2.16. The molecule has 2 rings (SSSR count). The number of aromatic nitrogens is 2. The zero-order valence-electron chi connectivity index (χ0n) is 13.4. The third-order valence-electron chi connectivity index (χ3n) is 2.96. The van der Waals surface area contributed by atoms with Crippen LogP contribution >= 0.6 is 23.1 Å². The summed E-state index contributed by atoms with van der Waals surface area (Å²) in [6, 6.07) is 2.22. The number of thiophene rings is 1. The van der Waals surface area contributed by atoms with Crippen LogP contribution in [-0.2, 0) is 12.3 Å². The van der Waals surface area contributed by atoms with Crippen molar-refractivity contribution in [1.82, 2.24) is 14.9 Å². The molecule has 130 valence electrons. The summed E-state index contributed by atoms with van der Waals surface area (Å²) in [6.07, 6.45) is 0.964. The molecular weight excluding hydrogens is 350 g/mol. The van der Waals surface area contributed by atoms with Gasteiger partial charge in [0.1, 0.15) is 6.20 Å². The Bertz CT molecular complexity index is 744. The second-order valence-corrected chi connectivity index (χ2v) is 7.44. The van der Waals surface area contributed by atoms with Crippen molar-refractivity contribution in [2.45, 2.75) is 12.3 Å². The zero-order chi connectivity index (χ0) is 17.5. The number of aromatic amines is 1. The molecule has 0 atom stereocenters. The molecule has 0 unspecified atom stereocenters. The van der Waals surface area contributed by atoms with E-state index >= 15 is 0 Å².